The van der Waals surface area contributed by atoms with Crippen LogP contribution in [0.4, 0.5) is 0 Å². The SMILES string of the molecule is CC1CCC(NC(=O)C2(C)CCNC2)C(C)C1. The number of carbonyl (C=O) groups is 1. The van der Waals surface area contributed by atoms with Crippen molar-refractivity contribution in [1.82, 2.24) is 10.6 Å². The van der Waals surface area contributed by atoms with Crippen LogP contribution in [0.25, 0.3) is 0 Å². The fraction of sp³-hybridized carbons (Fsp3) is 0.929. The van der Waals surface area contributed by atoms with Crippen molar-refractivity contribution in [3.63, 3.8) is 0 Å². The van der Waals surface area contributed by atoms with E-state index >= 15 is 0 Å². The lowest BCUT2D eigenvalue weighted by molar-refractivity contribution is -0.130. The summed E-state index contributed by atoms with van der Waals surface area (Å²) in [4.78, 5) is 12.3. The molecular formula is C14H26N2O. The average Bonchev–Trinajstić information content (AvgIpc) is 2.71. The molecule has 4 atom stereocenters. The van der Waals surface area contributed by atoms with Gasteiger partial charge >= 0.3 is 0 Å². The van der Waals surface area contributed by atoms with Crippen molar-refractivity contribution in [1.29, 1.82) is 0 Å². The van der Waals surface area contributed by atoms with E-state index in [2.05, 4.69) is 31.4 Å². The molecule has 3 nitrogen and oxygen atoms in total. The first-order valence-corrected chi connectivity index (χ1v) is 7.03. The van der Waals surface area contributed by atoms with Crippen LogP contribution in [0.5, 0.6) is 0 Å². The number of hydrogen-bond donors (Lipinski definition) is 2. The summed E-state index contributed by atoms with van der Waals surface area (Å²) in [5.74, 6) is 1.71. The highest BCUT2D eigenvalue weighted by Crippen LogP contribution is 2.30. The van der Waals surface area contributed by atoms with Gasteiger partial charge in [-0.05, 0) is 51.0 Å². The fourth-order valence-corrected chi connectivity index (χ4v) is 3.23. The minimum absolute atomic E-state index is 0.178. The first kappa shape index (κ1) is 12.9. The van der Waals surface area contributed by atoms with Gasteiger partial charge in [-0.15, -0.1) is 0 Å². The van der Waals surface area contributed by atoms with Gasteiger partial charge in [0.05, 0.1) is 5.41 Å². The Morgan fingerprint density at radius 3 is 2.71 bits per heavy atom. The van der Waals surface area contributed by atoms with Crippen LogP contribution in [0.3, 0.4) is 0 Å². The van der Waals surface area contributed by atoms with E-state index in [4.69, 9.17) is 0 Å². The van der Waals surface area contributed by atoms with E-state index in [-0.39, 0.29) is 11.3 Å². The second kappa shape index (κ2) is 4.97. The Balaban J connectivity index is 1.90. The number of carbonyl (C=O) groups excluding carboxylic acids is 1. The van der Waals surface area contributed by atoms with Gasteiger partial charge in [0.1, 0.15) is 0 Å². The van der Waals surface area contributed by atoms with E-state index in [9.17, 15) is 4.79 Å². The van der Waals surface area contributed by atoms with Crippen molar-refractivity contribution in [2.45, 2.75) is 52.5 Å². The van der Waals surface area contributed by atoms with Gasteiger partial charge in [0, 0.05) is 12.6 Å². The van der Waals surface area contributed by atoms with Gasteiger partial charge < -0.3 is 10.6 Å². The third-order valence-electron chi connectivity index (χ3n) is 4.66. The van der Waals surface area contributed by atoms with Gasteiger partial charge in [0.2, 0.25) is 5.91 Å². The summed E-state index contributed by atoms with van der Waals surface area (Å²) >= 11 is 0. The van der Waals surface area contributed by atoms with Gasteiger partial charge in [0.15, 0.2) is 0 Å². The maximum absolute atomic E-state index is 12.3. The van der Waals surface area contributed by atoms with Crippen molar-refractivity contribution in [3.8, 4) is 0 Å². The zero-order valence-corrected chi connectivity index (χ0v) is 11.4. The van der Waals surface area contributed by atoms with Crippen LogP contribution in [0, 0.1) is 17.3 Å². The molecule has 0 aromatic rings. The topological polar surface area (TPSA) is 41.1 Å². The van der Waals surface area contributed by atoms with Gasteiger partial charge in [-0.1, -0.05) is 13.8 Å². The number of nitrogens with one attached hydrogen (secondary N) is 2. The first-order valence-electron chi connectivity index (χ1n) is 7.03. The minimum atomic E-state index is -0.178. The Morgan fingerprint density at radius 1 is 1.35 bits per heavy atom. The second-order valence-corrected chi connectivity index (χ2v) is 6.46. The molecule has 2 fully saturated rings. The highest BCUT2D eigenvalue weighted by atomic mass is 16.2. The van der Waals surface area contributed by atoms with Crippen LogP contribution in [0.15, 0.2) is 0 Å². The van der Waals surface area contributed by atoms with E-state index in [1.165, 1.54) is 12.8 Å². The lowest BCUT2D eigenvalue weighted by Crippen LogP contribution is -2.49. The lowest BCUT2D eigenvalue weighted by Gasteiger charge is -2.35. The molecule has 1 saturated carbocycles. The van der Waals surface area contributed by atoms with E-state index in [1.54, 1.807) is 0 Å². The minimum Gasteiger partial charge on any atom is -0.353 e. The normalized spacial score (nSPS) is 42.4. The Hall–Kier alpha value is -0.570. The van der Waals surface area contributed by atoms with Crippen LogP contribution in [-0.2, 0) is 4.79 Å². The standard InChI is InChI=1S/C14H26N2O/c1-10-4-5-12(11(2)8-10)16-13(17)14(3)6-7-15-9-14/h10-12,15H,4-9H2,1-3H3,(H,16,17). The second-order valence-electron chi connectivity index (χ2n) is 6.46. The van der Waals surface area contributed by atoms with E-state index in [0.29, 0.717) is 12.0 Å². The molecule has 1 aliphatic heterocycles. The zero-order valence-electron chi connectivity index (χ0n) is 11.4. The summed E-state index contributed by atoms with van der Waals surface area (Å²) in [6.07, 6.45) is 4.62. The maximum Gasteiger partial charge on any atom is 0.227 e. The molecule has 98 valence electrons. The Bertz CT molecular complexity index is 284. The average molecular weight is 238 g/mol. The molecule has 2 N–H and O–H groups in total. The molecular weight excluding hydrogens is 212 g/mol. The molecule has 1 saturated heterocycles. The van der Waals surface area contributed by atoms with E-state index in [0.717, 1.165) is 31.8 Å². The number of amides is 1. The molecule has 4 unspecified atom stereocenters. The first-order chi connectivity index (χ1) is 8.01. The highest BCUT2D eigenvalue weighted by Gasteiger charge is 2.38. The molecule has 1 amide bonds. The Kier molecular flexibility index (Phi) is 3.76. The molecule has 0 bridgehead atoms. The summed E-state index contributed by atoms with van der Waals surface area (Å²) in [5.41, 5.74) is -0.178. The molecule has 0 aromatic carbocycles. The monoisotopic (exact) mass is 238 g/mol. The van der Waals surface area contributed by atoms with E-state index < -0.39 is 0 Å². The van der Waals surface area contributed by atoms with Crippen molar-refractivity contribution in [2.24, 2.45) is 17.3 Å². The quantitative estimate of drug-likeness (QED) is 0.772. The van der Waals surface area contributed by atoms with Crippen molar-refractivity contribution >= 4 is 5.91 Å². The molecule has 2 rings (SSSR count). The van der Waals surface area contributed by atoms with Gasteiger partial charge in [0.25, 0.3) is 0 Å². The van der Waals surface area contributed by atoms with Crippen molar-refractivity contribution < 1.29 is 4.79 Å². The Morgan fingerprint density at radius 2 is 2.12 bits per heavy atom. The molecule has 0 radical (unpaired) electrons. The zero-order chi connectivity index (χ0) is 12.5. The maximum atomic E-state index is 12.3. The van der Waals surface area contributed by atoms with Gasteiger partial charge in [-0.25, -0.2) is 0 Å². The van der Waals surface area contributed by atoms with Crippen LogP contribution in [0.1, 0.15) is 46.5 Å². The third-order valence-corrected chi connectivity index (χ3v) is 4.66. The number of rotatable bonds is 2. The largest absolute Gasteiger partial charge is 0.353 e. The van der Waals surface area contributed by atoms with Gasteiger partial charge in [-0.2, -0.15) is 0 Å². The summed E-state index contributed by atoms with van der Waals surface area (Å²) in [7, 11) is 0. The molecule has 3 heteroatoms. The Labute approximate surface area is 105 Å². The van der Waals surface area contributed by atoms with Crippen LogP contribution < -0.4 is 10.6 Å². The summed E-state index contributed by atoms with van der Waals surface area (Å²) < 4.78 is 0. The summed E-state index contributed by atoms with van der Waals surface area (Å²) in [6, 6.07) is 0.399. The smallest absolute Gasteiger partial charge is 0.227 e. The predicted molar refractivity (Wildman–Crippen MR) is 69.7 cm³/mol. The number of hydrogen-bond acceptors (Lipinski definition) is 2. The van der Waals surface area contributed by atoms with Crippen molar-refractivity contribution in [3.05, 3.63) is 0 Å². The van der Waals surface area contributed by atoms with Crippen molar-refractivity contribution in [2.75, 3.05) is 13.1 Å². The molecule has 0 spiro atoms. The summed E-state index contributed by atoms with van der Waals surface area (Å²) in [5, 5.41) is 6.58. The molecule has 17 heavy (non-hydrogen) atoms. The predicted octanol–water partition coefficient (Wildman–Crippen LogP) is 1.93. The van der Waals surface area contributed by atoms with E-state index in [1.807, 2.05) is 0 Å². The molecule has 1 aliphatic carbocycles. The van der Waals surface area contributed by atoms with Crippen LogP contribution in [0.2, 0.25) is 0 Å². The van der Waals surface area contributed by atoms with Crippen LogP contribution in [-0.4, -0.2) is 25.0 Å². The molecule has 0 aromatic heterocycles. The van der Waals surface area contributed by atoms with Gasteiger partial charge in [-0.3, -0.25) is 4.79 Å². The molecule has 1 heterocycles. The third kappa shape index (κ3) is 2.82. The summed E-state index contributed by atoms with van der Waals surface area (Å²) in [6.45, 7) is 8.47. The van der Waals surface area contributed by atoms with Crippen LogP contribution >= 0.6 is 0 Å². The fourth-order valence-electron chi connectivity index (χ4n) is 3.23. The molecule has 2 aliphatic rings. The highest BCUT2D eigenvalue weighted by molar-refractivity contribution is 5.83. The lowest BCUT2D eigenvalue weighted by atomic mass is 9.79.